The summed E-state index contributed by atoms with van der Waals surface area (Å²) in [4.78, 5) is 4.17. The van der Waals surface area contributed by atoms with Crippen LogP contribution in [0.1, 0.15) is 26.5 Å². The molecule has 0 fully saturated rings. The lowest BCUT2D eigenvalue weighted by molar-refractivity contribution is 0.480. The zero-order valence-corrected chi connectivity index (χ0v) is 10.4. The number of hydrogen-bond donors (Lipinski definition) is 3. The first-order valence-electron chi connectivity index (χ1n) is 5.59. The molecule has 5 nitrogen and oxygen atoms in total. The van der Waals surface area contributed by atoms with E-state index < -0.39 is 0 Å². The molecule has 1 aromatic rings. The van der Waals surface area contributed by atoms with Gasteiger partial charge < -0.3 is 10.6 Å². The molecule has 0 radical (unpaired) electrons. The van der Waals surface area contributed by atoms with E-state index in [1.807, 2.05) is 6.07 Å². The molecule has 0 saturated carbocycles. The van der Waals surface area contributed by atoms with Gasteiger partial charge in [0.15, 0.2) is 5.96 Å². The molecule has 0 amide bonds. The highest BCUT2D eigenvalue weighted by molar-refractivity contribution is 5.79. The minimum absolute atomic E-state index is 0.396. The summed E-state index contributed by atoms with van der Waals surface area (Å²) in [5.41, 5.74) is 1.04. The maximum atomic E-state index is 4.17. The Bertz CT molecular complexity index is 315. The average Bonchev–Trinajstić information content (AvgIpc) is 2.76. The van der Waals surface area contributed by atoms with Crippen LogP contribution in [0.15, 0.2) is 17.3 Å². The number of guanidine groups is 1. The van der Waals surface area contributed by atoms with Crippen molar-refractivity contribution in [3.05, 3.63) is 18.0 Å². The van der Waals surface area contributed by atoms with Crippen LogP contribution in [0.5, 0.6) is 0 Å². The summed E-state index contributed by atoms with van der Waals surface area (Å²) in [6, 6.07) is 2.33. The van der Waals surface area contributed by atoms with E-state index in [0.29, 0.717) is 18.5 Å². The minimum atomic E-state index is 0.396. The number of nitrogens with one attached hydrogen (secondary N) is 3. The Hall–Kier alpha value is -1.52. The molecule has 0 bridgehead atoms. The van der Waals surface area contributed by atoms with Crippen molar-refractivity contribution in [2.45, 2.75) is 33.4 Å². The Morgan fingerprint density at radius 3 is 2.75 bits per heavy atom. The molecule has 1 unspecified atom stereocenters. The monoisotopic (exact) mass is 223 g/mol. The molecule has 0 aromatic carbocycles. The molecule has 1 atom stereocenters. The number of nitrogens with zero attached hydrogens (tertiary/aromatic N) is 2. The van der Waals surface area contributed by atoms with Crippen LogP contribution >= 0.6 is 0 Å². The van der Waals surface area contributed by atoms with Gasteiger partial charge in [0, 0.05) is 19.3 Å². The van der Waals surface area contributed by atoms with E-state index in [-0.39, 0.29) is 0 Å². The number of aromatic amines is 1. The largest absolute Gasteiger partial charge is 0.354 e. The van der Waals surface area contributed by atoms with Gasteiger partial charge in [0.1, 0.15) is 0 Å². The fraction of sp³-hybridized carbons (Fsp3) is 0.636. The van der Waals surface area contributed by atoms with Gasteiger partial charge >= 0.3 is 0 Å². The molecule has 0 saturated heterocycles. The van der Waals surface area contributed by atoms with Gasteiger partial charge in [0.2, 0.25) is 0 Å². The van der Waals surface area contributed by atoms with Crippen molar-refractivity contribution in [1.29, 1.82) is 0 Å². The van der Waals surface area contributed by atoms with Gasteiger partial charge in [0.25, 0.3) is 0 Å². The van der Waals surface area contributed by atoms with Crippen molar-refractivity contribution in [2.24, 2.45) is 10.9 Å². The zero-order valence-electron chi connectivity index (χ0n) is 10.4. The van der Waals surface area contributed by atoms with E-state index in [0.717, 1.165) is 11.7 Å². The van der Waals surface area contributed by atoms with Crippen LogP contribution in [0.2, 0.25) is 0 Å². The van der Waals surface area contributed by atoms with Crippen LogP contribution in [0, 0.1) is 5.92 Å². The summed E-state index contributed by atoms with van der Waals surface area (Å²) in [5, 5.41) is 13.3. The third kappa shape index (κ3) is 3.92. The third-order valence-corrected chi connectivity index (χ3v) is 2.59. The third-order valence-electron chi connectivity index (χ3n) is 2.59. The summed E-state index contributed by atoms with van der Waals surface area (Å²) in [6.07, 6.45) is 1.74. The first kappa shape index (κ1) is 12.5. The highest BCUT2D eigenvalue weighted by Crippen LogP contribution is 1.99. The number of hydrogen-bond acceptors (Lipinski definition) is 2. The SMILES string of the molecule is CN=C(NCc1ccn[nH]1)NC(C)C(C)C. The lowest BCUT2D eigenvalue weighted by atomic mass is 10.1. The highest BCUT2D eigenvalue weighted by Gasteiger charge is 2.08. The molecule has 0 aliphatic rings. The molecule has 5 heteroatoms. The fourth-order valence-electron chi connectivity index (χ4n) is 1.14. The Morgan fingerprint density at radius 2 is 2.25 bits per heavy atom. The molecule has 3 N–H and O–H groups in total. The fourth-order valence-corrected chi connectivity index (χ4v) is 1.14. The molecular weight excluding hydrogens is 202 g/mol. The summed E-state index contributed by atoms with van der Waals surface area (Å²) in [6.45, 7) is 7.21. The van der Waals surface area contributed by atoms with Crippen molar-refractivity contribution in [1.82, 2.24) is 20.8 Å². The number of H-pyrrole nitrogens is 1. The van der Waals surface area contributed by atoms with Gasteiger partial charge in [-0.3, -0.25) is 10.1 Å². The molecule has 0 spiro atoms. The molecule has 0 aliphatic heterocycles. The Kier molecular flexibility index (Phi) is 4.82. The van der Waals surface area contributed by atoms with E-state index in [1.165, 1.54) is 0 Å². The zero-order chi connectivity index (χ0) is 12.0. The summed E-state index contributed by atoms with van der Waals surface area (Å²) < 4.78 is 0. The molecule has 90 valence electrons. The first-order valence-corrected chi connectivity index (χ1v) is 5.59. The lowest BCUT2D eigenvalue weighted by Crippen LogP contribution is -2.43. The molecule has 1 rings (SSSR count). The van der Waals surface area contributed by atoms with Gasteiger partial charge in [-0.05, 0) is 18.9 Å². The van der Waals surface area contributed by atoms with Gasteiger partial charge in [-0.2, -0.15) is 5.10 Å². The van der Waals surface area contributed by atoms with Crippen molar-refractivity contribution in [3.8, 4) is 0 Å². The van der Waals surface area contributed by atoms with Gasteiger partial charge in [-0.1, -0.05) is 13.8 Å². The quantitative estimate of drug-likeness (QED) is 0.529. The van der Waals surface area contributed by atoms with Crippen LogP contribution in [0.3, 0.4) is 0 Å². The van der Waals surface area contributed by atoms with E-state index in [1.54, 1.807) is 13.2 Å². The number of rotatable bonds is 4. The number of aromatic nitrogens is 2. The van der Waals surface area contributed by atoms with Crippen LogP contribution in [-0.2, 0) is 6.54 Å². The van der Waals surface area contributed by atoms with E-state index in [4.69, 9.17) is 0 Å². The summed E-state index contributed by atoms with van der Waals surface area (Å²) >= 11 is 0. The van der Waals surface area contributed by atoms with Gasteiger partial charge in [0.05, 0.1) is 12.2 Å². The van der Waals surface area contributed by atoms with Crippen molar-refractivity contribution in [2.75, 3.05) is 7.05 Å². The Morgan fingerprint density at radius 1 is 1.50 bits per heavy atom. The van der Waals surface area contributed by atoms with Gasteiger partial charge in [-0.25, -0.2) is 0 Å². The second kappa shape index (κ2) is 6.15. The predicted molar refractivity (Wildman–Crippen MR) is 66.2 cm³/mol. The van der Waals surface area contributed by atoms with Crippen LogP contribution in [0.4, 0.5) is 0 Å². The summed E-state index contributed by atoms with van der Waals surface area (Å²) in [5.74, 6) is 1.39. The maximum Gasteiger partial charge on any atom is 0.191 e. The molecule has 1 aromatic heterocycles. The minimum Gasteiger partial charge on any atom is -0.354 e. The summed E-state index contributed by atoms with van der Waals surface area (Å²) in [7, 11) is 1.77. The van der Waals surface area contributed by atoms with Crippen molar-refractivity contribution >= 4 is 5.96 Å². The van der Waals surface area contributed by atoms with Crippen molar-refractivity contribution < 1.29 is 0 Å². The molecular formula is C11H21N5. The van der Waals surface area contributed by atoms with Crippen LogP contribution in [-0.4, -0.2) is 29.2 Å². The second-order valence-corrected chi connectivity index (χ2v) is 4.18. The second-order valence-electron chi connectivity index (χ2n) is 4.18. The Balaban J connectivity index is 2.38. The van der Waals surface area contributed by atoms with Crippen LogP contribution in [0.25, 0.3) is 0 Å². The van der Waals surface area contributed by atoms with Crippen molar-refractivity contribution in [3.63, 3.8) is 0 Å². The van der Waals surface area contributed by atoms with Gasteiger partial charge in [-0.15, -0.1) is 0 Å². The van der Waals surface area contributed by atoms with E-state index in [9.17, 15) is 0 Å². The maximum absolute atomic E-state index is 4.17. The smallest absolute Gasteiger partial charge is 0.191 e. The van der Waals surface area contributed by atoms with E-state index >= 15 is 0 Å². The first-order chi connectivity index (χ1) is 7.63. The lowest BCUT2D eigenvalue weighted by Gasteiger charge is -2.20. The molecule has 1 heterocycles. The van der Waals surface area contributed by atoms with E-state index in [2.05, 4.69) is 46.6 Å². The molecule has 0 aliphatic carbocycles. The average molecular weight is 223 g/mol. The standard InChI is InChI=1S/C11H21N5/c1-8(2)9(3)15-11(12-4)13-7-10-5-6-14-16-10/h5-6,8-9H,7H2,1-4H3,(H,14,16)(H2,12,13,15). The number of aliphatic imine (C=N–C) groups is 1. The van der Waals surface area contributed by atoms with Crippen LogP contribution < -0.4 is 10.6 Å². The topological polar surface area (TPSA) is 65.1 Å². The molecule has 16 heavy (non-hydrogen) atoms. The normalized spacial score (nSPS) is 13.9. The predicted octanol–water partition coefficient (Wildman–Crippen LogP) is 1.12. The Labute approximate surface area is 96.7 Å². The highest BCUT2D eigenvalue weighted by atomic mass is 15.2.